The van der Waals surface area contributed by atoms with E-state index in [1.165, 1.54) is 6.07 Å². The van der Waals surface area contributed by atoms with Gasteiger partial charge >= 0.3 is 5.97 Å². The summed E-state index contributed by atoms with van der Waals surface area (Å²) in [5, 5.41) is 8.74. The lowest BCUT2D eigenvalue weighted by atomic mass is 9.81. The number of carboxylic acids is 1. The van der Waals surface area contributed by atoms with Crippen LogP contribution in [-0.2, 0) is 11.2 Å². The lowest BCUT2D eigenvalue weighted by molar-refractivity contribution is -0.137. The third-order valence-corrected chi connectivity index (χ3v) is 3.03. The van der Waals surface area contributed by atoms with Crippen LogP contribution in [0.3, 0.4) is 0 Å². The van der Waals surface area contributed by atoms with Crippen LogP contribution in [0.5, 0.6) is 0 Å². The second-order valence-electron chi connectivity index (χ2n) is 4.14. The average Bonchev–Trinajstić information content (AvgIpc) is 2.18. The molecule has 1 atom stereocenters. The van der Waals surface area contributed by atoms with E-state index in [1.54, 1.807) is 0 Å². The third kappa shape index (κ3) is 2.05. The molecule has 0 bridgehead atoms. The van der Waals surface area contributed by atoms with Crippen molar-refractivity contribution in [1.82, 2.24) is 0 Å². The molecule has 0 aromatic heterocycles. The number of carboxylic acid groups (broad SMARTS) is 1. The molecular weight excluding hydrogens is 214 g/mol. The number of hydrogen-bond donors (Lipinski definition) is 1. The molecule has 0 fully saturated rings. The van der Waals surface area contributed by atoms with E-state index in [9.17, 15) is 13.6 Å². The summed E-state index contributed by atoms with van der Waals surface area (Å²) in [7, 11) is 0. The van der Waals surface area contributed by atoms with Crippen LogP contribution in [0.25, 0.3) is 0 Å². The maximum Gasteiger partial charge on any atom is 0.303 e. The summed E-state index contributed by atoms with van der Waals surface area (Å²) in [6, 6.07) is 2.13. The van der Waals surface area contributed by atoms with Gasteiger partial charge in [-0.25, -0.2) is 8.78 Å². The topological polar surface area (TPSA) is 37.3 Å². The highest BCUT2D eigenvalue weighted by atomic mass is 19.1. The maximum atomic E-state index is 13.5. The standard InChI is InChI=1S/C12H12F2O2/c13-8-5-10-7(4-12(15)16)2-1-3-9(10)11(14)6-8/h5-7H,1-4H2,(H,15,16). The summed E-state index contributed by atoms with van der Waals surface area (Å²) in [5.41, 5.74) is 1.02. The zero-order valence-electron chi connectivity index (χ0n) is 8.67. The fraction of sp³-hybridized carbons (Fsp3) is 0.417. The van der Waals surface area contributed by atoms with Gasteiger partial charge in [-0.05, 0) is 42.4 Å². The van der Waals surface area contributed by atoms with Crippen LogP contribution in [0, 0.1) is 11.6 Å². The summed E-state index contributed by atoms with van der Waals surface area (Å²) in [6.45, 7) is 0. The molecule has 2 rings (SSSR count). The van der Waals surface area contributed by atoms with Crippen LogP contribution in [0.4, 0.5) is 8.78 Å². The summed E-state index contributed by atoms with van der Waals surface area (Å²) in [6.07, 6.45) is 1.95. The van der Waals surface area contributed by atoms with Crippen LogP contribution in [0.15, 0.2) is 12.1 Å². The van der Waals surface area contributed by atoms with Crippen LogP contribution < -0.4 is 0 Å². The first-order valence-corrected chi connectivity index (χ1v) is 5.27. The van der Waals surface area contributed by atoms with Crippen molar-refractivity contribution in [1.29, 1.82) is 0 Å². The molecule has 86 valence electrons. The lowest BCUT2D eigenvalue weighted by Crippen LogP contribution is -2.15. The van der Waals surface area contributed by atoms with Crippen molar-refractivity contribution >= 4 is 5.97 Å². The van der Waals surface area contributed by atoms with Crippen molar-refractivity contribution in [3.05, 3.63) is 34.9 Å². The van der Waals surface area contributed by atoms with Crippen LogP contribution in [0.2, 0.25) is 0 Å². The molecule has 0 spiro atoms. The number of carbonyl (C=O) groups is 1. The van der Waals surface area contributed by atoms with E-state index < -0.39 is 17.6 Å². The van der Waals surface area contributed by atoms with Gasteiger partial charge in [-0.2, -0.15) is 0 Å². The Kier molecular flexibility index (Phi) is 2.90. The van der Waals surface area contributed by atoms with Gasteiger partial charge < -0.3 is 5.11 Å². The predicted molar refractivity (Wildman–Crippen MR) is 54.3 cm³/mol. The van der Waals surface area contributed by atoms with Crippen LogP contribution in [-0.4, -0.2) is 11.1 Å². The van der Waals surface area contributed by atoms with Gasteiger partial charge in [0.15, 0.2) is 0 Å². The molecule has 1 unspecified atom stereocenters. The second-order valence-corrected chi connectivity index (χ2v) is 4.14. The average molecular weight is 226 g/mol. The van der Waals surface area contributed by atoms with Crippen molar-refractivity contribution in [2.75, 3.05) is 0 Å². The Labute approximate surface area is 91.9 Å². The van der Waals surface area contributed by atoms with E-state index >= 15 is 0 Å². The Balaban J connectivity index is 2.41. The van der Waals surface area contributed by atoms with E-state index in [2.05, 4.69) is 0 Å². The monoisotopic (exact) mass is 226 g/mol. The highest BCUT2D eigenvalue weighted by Crippen LogP contribution is 2.35. The van der Waals surface area contributed by atoms with Crippen LogP contribution >= 0.6 is 0 Å². The van der Waals surface area contributed by atoms with Gasteiger partial charge in [0.1, 0.15) is 11.6 Å². The van der Waals surface area contributed by atoms with Crippen molar-refractivity contribution in [2.45, 2.75) is 31.6 Å². The third-order valence-electron chi connectivity index (χ3n) is 3.03. The van der Waals surface area contributed by atoms with E-state index in [1.807, 2.05) is 0 Å². The minimum absolute atomic E-state index is 0.0596. The number of hydrogen-bond acceptors (Lipinski definition) is 1. The SMILES string of the molecule is O=C(O)CC1CCCc2c(F)cc(F)cc21. The van der Waals surface area contributed by atoms with Crippen molar-refractivity contribution in [2.24, 2.45) is 0 Å². The van der Waals surface area contributed by atoms with Gasteiger partial charge in [0, 0.05) is 6.07 Å². The van der Waals surface area contributed by atoms with Gasteiger partial charge in [-0.15, -0.1) is 0 Å². The molecular formula is C12H12F2O2. The molecule has 1 N–H and O–H groups in total. The second kappa shape index (κ2) is 4.20. The fourth-order valence-corrected chi connectivity index (χ4v) is 2.35. The molecule has 2 nitrogen and oxygen atoms in total. The Morgan fingerprint density at radius 2 is 2.19 bits per heavy atom. The zero-order valence-corrected chi connectivity index (χ0v) is 8.67. The van der Waals surface area contributed by atoms with Gasteiger partial charge in [0.05, 0.1) is 6.42 Å². The first-order valence-electron chi connectivity index (χ1n) is 5.27. The van der Waals surface area contributed by atoms with E-state index in [0.29, 0.717) is 24.0 Å². The van der Waals surface area contributed by atoms with Gasteiger partial charge in [-0.3, -0.25) is 4.79 Å². The normalized spacial score (nSPS) is 19.2. The maximum absolute atomic E-state index is 13.5. The summed E-state index contributed by atoms with van der Waals surface area (Å²) >= 11 is 0. The van der Waals surface area contributed by atoms with Crippen molar-refractivity contribution in [3.63, 3.8) is 0 Å². The Hall–Kier alpha value is -1.45. The van der Waals surface area contributed by atoms with Crippen molar-refractivity contribution < 1.29 is 18.7 Å². The summed E-state index contributed by atoms with van der Waals surface area (Å²) in [5.74, 6) is -2.37. The molecule has 0 radical (unpaired) electrons. The summed E-state index contributed by atoms with van der Waals surface area (Å²) in [4.78, 5) is 10.7. The van der Waals surface area contributed by atoms with Crippen LogP contribution in [0.1, 0.15) is 36.3 Å². The molecule has 0 amide bonds. The first-order chi connectivity index (χ1) is 7.58. The molecule has 1 aromatic rings. The molecule has 0 saturated carbocycles. The fourth-order valence-electron chi connectivity index (χ4n) is 2.35. The molecule has 16 heavy (non-hydrogen) atoms. The minimum Gasteiger partial charge on any atom is -0.481 e. The number of fused-ring (bicyclic) bond motifs is 1. The Morgan fingerprint density at radius 1 is 1.44 bits per heavy atom. The smallest absolute Gasteiger partial charge is 0.303 e. The Morgan fingerprint density at radius 3 is 2.88 bits per heavy atom. The molecule has 0 saturated heterocycles. The highest BCUT2D eigenvalue weighted by Gasteiger charge is 2.25. The van der Waals surface area contributed by atoms with Gasteiger partial charge in [0.2, 0.25) is 0 Å². The largest absolute Gasteiger partial charge is 0.481 e. The van der Waals surface area contributed by atoms with Gasteiger partial charge in [-0.1, -0.05) is 0 Å². The lowest BCUT2D eigenvalue weighted by Gasteiger charge is -2.24. The number of halogens is 2. The predicted octanol–water partition coefficient (Wildman–Crippen LogP) is 2.86. The molecule has 0 heterocycles. The molecule has 0 aliphatic heterocycles. The molecule has 1 aromatic carbocycles. The molecule has 1 aliphatic rings. The van der Waals surface area contributed by atoms with Crippen molar-refractivity contribution in [3.8, 4) is 0 Å². The zero-order chi connectivity index (χ0) is 11.7. The van der Waals surface area contributed by atoms with Gasteiger partial charge in [0.25, 0.3) is 0 Å². The number of rotatable bonds is 2. The summed E-state index contributed by atoms with van der Waals surface area (Å²) < 4.78 is 26.5. The number of aliphatic carboxylic acids is 1. The first kappa shape index (κ1) is 11.0. The Bertz CT molecular complexity index is 429. The quantitative estimate of drug-likeness (QED) is 0.841. The molecule has 4 heteroatoms. The highest BCUT2D eigenvalue weighted by molar-refractivity contribution is 5.68. The van der Waals surface area contributed by atoms with E-state index in [-0.39, 0.29) is 12.3 Å². The van der Waals surface area contributed by atoms with E-state index in [0.717, 1.165) is 12.5 Å². The molecule has 1 aliphatic carbocycles. The van der Waals surface area contributed by atoms with E-state index in [4.69, 9.17) is 5.11 Å². The number of benzene rings is 1. The minimum atomic E-state index is -0.928.